The summed E-state index contributed by atoms with van der Waals surface area (Å²) in [6.45, 7) is 6.42. The third kappa shape index (κ3) is 3.31. The van der Waals surface area contributed by atoms with Gasteiger partial charge in [0.05, 0.1) is 0 Å². The molecule has 0 spiro atoms. The van der Waals surface area contributed by atoms with Gasteiger partial charge in [0.15, 0.2) is 0 Å². The Balaban J connectivity index is 2.79. The second-order valence-corrected chi connectivity index (χ2v) is 4.75. The smallest absolute Gasteiger partial charge is 0.309 e. The highest BCUT2D eigenvalue weighted by atomic mass is 16.2. The molecular weight excluding hydrogens is 216 g/mol. The van der Waals surface area contributed by atoms with E-state index in [1.165, 1.54) is 0 Å². The second-order valence-electron chi connectivity index (χ2n) is 4.75. The summed E-state index contributed by atoms with van der Waals surface area (Å²) < 4.78 is 0. The van der Waals surface area contributed by atoms with E-state index in [9.17, 15) is 9.59 Å². The maximum absolute atomic E-state index is 11.1. The fraction of sp³-hybridized carbons (Fsp3) is 0.385. The van der Waals surface area contributed by atoms with E-state index in [0.29, 0.717) is 6.54 Å². The largest absolute Gasteiger partial charge is 0.361 e. The van der Waals surface area contributed by atoms with Crippen molar-refractivity contribution in [1.29, 1.82) is 0 Å². The van der Waals surface area contributed by atoms with E-state index in [4.69, 9.17) is 5.73 Å². The predicted molar refractivity (Wildman–Crippen MR) is 66.4 cm³/mol. The third-order valence-corrected chi connectivity index (χ3v) is 2.79. The van der Waals surface area contributed by atoms with Crippen LogP contribution in [0.5, 0.6) is 0 Å². The van der Waals surface area contributed by atoms with Crippen molar-refractivity contribution in [3.8, 4) is 0 Å². The fourth-order valence-corrected chi connectivity index (χ4v) is 1.82. The summed E-state index contributed by atoms with van der Waals surface area (Å²) in [4.78, 5) is 21.7. The average molecular weight is 234 g/mol. The molecule has 0 aliphatic heterocycles. The lowest BCUT2D eigenvalue weighted by molar-refractivity contribution is -0.137. The van der Waals surface area contributed by atoms with Gasteiger partial charge in [-0.05, 0) is 18.1 Å². The van der Waals surface area contributed by atoms with E-state index < -0.39 is 11.8 Å². The summed E-state index contributed by atoms with van der Waals surface area (Å²) >= 11 is 0. The minimum Gasteiger partial charge on any atom is -0.361 e. The van der Waals surface area contributed by atoms with Gasteiger partial charge in [-0.1, -0.05) is 38.1 Å². The molecule has 0 saturated carbocycles. The molecule has 4 heteroatoms. The van der Waals surface area contributed by atoms with Crippen LogP contribution in [0.1, 0.15) is 25.0 Å². The van der Waals surface area contributed by atoms with Gasteiger partial charge in [-0.2, -0.15) is 0 Å². The SMILES string of the molecule is Cc1ccccc1C(C)(C)CNC(=O)C(N)=O. The van der Waals surface area contributed by atoms with Crippen molar-refractivity contribution >= 4 is 11.8 Å². The molecule has 92 valence electrons. The van der Waals surface area contributed by atoms with E-state index in [1.807, 2.05) is 45.0 Å². The molecule has 1 rings (SSSR count). The maximum Gasteiger partial charge on any atom is 0.309 e. The minimum atomic E-state index is -0.953. The summed E-state index contributed by atoms with van der Waals surface area (Å²) in [5.74, 6) is -1.70. The third-order valence-electron chi connectivity index (χ3n) is 2.79. The molecule has 0 radical (unpaired) electrons. The van der Waals surface area contributed by atoms with Crippen LogP contribution in [0.25, 0.3) is 0 Å². The Morgan fingerprint density at radius 1 is 1.29 bits per heavy atom. The summed E-state index contributed by atoms with van der Waals surface area (Å²) in [5, 5.41) is 2.53. The lowest BCUT2D eigenvalue weighted by Gasteiger charge is -2.27. The number of hydrogen-bond donors (Lipinski definition) is 2. The average Bonchev–Trinajstić information content (AvgIpc) is 2.26. The number of rotatable bonds is 3. The molecule has 3 N–H and O–H groups in total. The number of primary amides is 1. The Hall–Kier alpha value is -1.84. The summed E-state index contributed by atoms with van der Waals surface area (Å²) in [7, 11) is 0. The van der Waals surface area contributed by atoms with E-state index in [0.717, 1.165) is 11.1 Å². The molecule has 17 heavy (non-hydrogen) atoms. The van der Waals surface area contributed by atoms with Crippen LogP contribution in [0.4, 0.5) is 0 Å². The van der Waals surface area contributed by atoms with Gasteiger partial charge in [-0.15, -0.1) is 0 Å². The summed E-state index contributed by atoms with van der Waals surface area (Å²) in [6.07, 6.45) is 0. The fourth-order valence-electron chi connectivity index (χ4n) is 1.82. The molecule has 0 heterocycles. The number of carbonyl (C=O) groups excluding carboxylic acids is 2. The molecule has 0 fully saturated rings. The molecule has 1 aromatic carbocycles. The summed E-state index contributed by atoms with van der Waals surface area (Å²) in [6, 6.07) is 7.97. The Labute approximate surface area is 101 Å². The molecule has 0 bridgehead atoms. The van der Waals surface area contributed by atoms with Gasteiger partial charge >= 0.3 is 11.8 Å². The van der Waals surface area contributed by atoms with Crippen molar-refractivity contribution in [3.63, 3.8) is 0 Å². The Bertz CT molecular complexity index is 439. The first-order chi connectivity index (χ1) is 7.84. The second kappa shape index (κ2) is 4.99. The standard InChI is InChI=1S/C13H18N2O2/c1-9-6-4-5-7-10(9)13(2,3)8-15-12(17)11(14)16/h4-7H,8H2,1-3H3,(H2,14,16)(H,15,17). The predicted octanol–water partition coefficient (Wildman–Crippen LogP) is 0.874. The summed E-state index contributed by atoms with van der Waals surface area (Å²) in [5.41, 5.74) is 6.94. The number of aryl methyl sites for hydroxylation is 1. The van der Waals surface area contributed by atoms with Crippen molar-refractivity contribution < 1.29 is 9.59 Å². The Morgan fingerprint density at radius 2 is 1.88 bits per heavy atom. The first-order valence-corrected chi connectivity index (χ1v) is 5.48. The van der Waals surface area contributed by atoms with Crippen molar-refractivity contribution in [3.05, 3.63) is 35.4 Å². The lowest BCUT2D eigenvalue weighted by Crippen LogP contribution is -2.42. The van der Waals surface area contributed by atoms with Crippen LogP contribution < -0.4 is 11.1 Å². The van der Waals surface area contributed by atoms with Gasteiger partial charge in [-0.25, -0.2) is 0 Å². The van der Waals surface area contributed by atoms with Gasteiger partial charge in [0, 0.05) is 12.0 Å². The van der Waals surface area contributed by atoms with E-state index >= 15 is 0 Å². The molecule has 0 aromatic heterocycles. The van der Waals surface area contributed by atoms with Crippen molar-refractivity contribution in [2.24, 2.45) is 5.73 Å². The zero-order chi connectivity index (χ0) is 13.1. The molecule has 0 aliphatic rings. The molecule has 0 saturated heterocycles. The van der Waals surface area contributed by atoms with Crippen LogP contribution in [0, 0.1) is 6.92 Å². The highest BCUT2D eigenvalue weighted by Gasteiger charge is 2.23. The van der Waals surface area contributed by atoms with E-state index in [2.05, 4.69) is 5.32 Å². The quantitative estimate of drug-likeness (QED) is 0.762. The van der Waals surface area contributed by atoms with Gasteiger partial charge in [0.25, 0.3) is 0 Å². The zero-order valence-electron chi connectivity index (χ0n) is 10.4. The highest BCUT2D eigenvalue weighted by Crippen LogP contribution is 2.25. The maximum atomic E-state index is 11.1. The molecule has 0 aliphatic carbocycles. The molecule has 1 aromatic rings. The van der Waals surface area contributed by atoms with Crippen LogP contribution in [0.3, 0.4) is 0 Å². The lowest BCUT2D eigenvalue weighted by atomic mass is 9.82. The van der Waals surface area contributed by atoms with Gasteiger partial charge in [0.2, 0.25) is 0 Å². The molecule has 4 nitrogen and oxygen atoms in total. The van der Waals surface area contributed by atoms with Crippen LogP contribution in [-0.2, 0) is 15.0 Å². The number of amides is 2. The number of benzene rings is 1. The van der Waals surface area contributed by atoms with Gasteiger partial charge in [-0.3, -0.25) is 9.59 Å². The Kier molecular flexibility index (Phi) is 3.89. The normalized spacial score (nSPS) is 11.0. The number of carbonyl (C=O) groups is 2. The zero-order valence-corrected chi connectivity index (χ0v) is 10.4. The van der Waals surface area contributed by atoms with Crippen LogP contribution in [0.15, 0.2) is 24.3 Å². The van der Waals surface area contributed by atoms with Crippen LogP contribution >= 0.6 is 0 Å². The van der Waals surface area contributed by atoms with Gasteiger partial charge in [0.1, 0.15) is 0 Å². The van der Waals surface area contributed by atoms with Gasteiger partial charge < -0.3 is 11.1 Å². The number of hydrogen-bond acceptors (Lipinski definition) is 2. The molecule has 2 amide bonds. The molecular formula is C13H18N2O2. The van der Waals surface area contributed by atoms with E-state index in [1.54, 1.807) is 0 Å². The van der Waals surface area contributed by atoms with E-state index in [-0.39, 0.29) is 5.41 Å². The first-order valence-electron chi connectivity index (χ1n) is 5.48. The minimum absolute atomic E-state index is 0.240. The molecule has 0 atom stereocenters. The van der Waals surface area contributed by atoms with Crippen molar-refractivity contribution in [2.45, 2.75) is 26.2 Å². The van der Waals surface area contributed by atoms with Crippen LogP contribution in [0.2, 0.25) is 0 Å². The monoisotopic (exact) mass is 234 g/mol. The Morgan fingerprint density at radius 3 is 2.41 bits per heavy atom. The van der Waals surface area contributed by atoms with Crippen molar-refractivity contribution in [2.75, 3.05) is 6.54 Å². The highest BCUT2D eigenvalue weighted by molar-refractivity contribution is 6.34. The molecule has 0 unspecified atom stereocenters. The number of nitrogens with two attached hydrogens (primary N) is 1. The first kappa shape index (κ1) is 13.2. The number of nitrogens with one attached hydrogen (secondary N) is 1. The topological polar surface area (TPSA) is 72.2 Å². The van der Waals surface area contributed by atoms with Crippen molar-refractivity contribution in [1.82, 2.24) is 5.32 Å². The van der Waals surface area contributed by atoms with Crippen LogP contribution in [-0.4, -0.2) is 18.4 Å².